The second-order valence-corrected chi connectivity index (χ2v) is 6.62. The van der Waals surface area contributed by atoms with Crippen molar-refractivity contribution in [3.63, 3.8) is 0 Å². The number of aryl methyl sites for hydroxylation is 1. The van der Waals surface area contributed by atoms with E-state index in [0.717, 1.165) is 22.3 Å². The highest BCUT2D eigenvalue weighted by Crippen LogP contribution is 2.39. The molecule has 1 aromatic heterocycles. The third-order valence-corrected chi connectivity index (χ3v) is 5.06. The van der Waals surface area contributed by atoms with Crippen molar-refractivity contribution in [2.45, 2.75) is 51.5 Å². The van der Waals surface area contributed by atoms with Gasteiger partial charge in [-0.25, -0.2) is 4.98 Å². The molecule has 98 valence electrons. The Morgan fingerprint density at radius 2 is 2.00 bits per heavy atom. The van der Waals surface area contributed by atoms with Gasteiger partial charge >= 0.3 is 0 Å². The molecule has 0 N–H and O–H groups in total. The number of piperidine rings is 1. The first kappa shape index (κ1) is 12.5. The quantitative estimate of drug-likeness (QED) is 0.768. The van der Waals surface area contributed by atoms with Crippen LogP contribution in [0.5, 0.6) is 0 Å². The Hall–Kier alpha value is -0.570. The highest BCUT2D eigenvalue weighted by atomic mass is 79.9. The lowest BCUT2D eigenvalue weighted by Crippen LogP contribution is -2.47. The van der Waals surface area contributed by atoms with Crippen molar-refractivity contribution in [3.05, 3.63) is 22.3 Å². The van der Waals surface area contributed by atoms with Gasteiger partial charge in [0.2, 0.25) is 0 Å². The first-order valence-electron chi connectivity index (χ1n) is 7.14. The van der Waals surface area contributed by atoms with Crippen molar-refractivity contribution in [3.8, 4) is 0 Å². The fourth-order valence-corrected chi connectivity index (χ4v) is 4.32. The topological polar surface area (TPSA) is 16.1 Å². The van der Waals surface area contributed by atoms with Crippen LogP contribution in [0.2, 0.25) is 0 Å². The number of aromatic nitrogens is 1. The molecule has 3 heteroatoms. The van der Waals surface area contributed by atoms with Crippen molar-refractivity contribution >= 4 is 21.7 Å². The number of anilines is 1. The summed E-state index contributed by atoms with van der Waals surface area (Å²) in [6.07, 6.45) is 10.3. The maximum absolute atomic E-state index is 4.67. The van der Waals surface area contributed by atoms with Crippen molar-refractivity contribution in [2.24, 2.45) is 5.92 Å². The zero-order valence-corrected chi connectivity index (χ0v) is 12.6. The molecule has 1 aliphatic carbocycles. The number of hydrogen-bond donors (Lipinski definition) is 0. The Morgan fingerprint density at radius 1 is 1.22 bits per heavy atom. The molecule has 3 rings (SSSR count). The lowest BCUT2D eigenvalue weighted by atomic mass is 9.78. The number of halogens is 1. The van der Waals surface area contributed by atoms with Crippen molar-refractivity contribution < 1.29 is 0 Å². The molecule has 2 nitrogen and oxygen atoms in total. The van der Waals surface area contributed by atoms with Crippen LogP contribution < -0.4 is 4.90 Å². The third-order valence-electron chi connectivity index (χ3n) is 4.47. The number of pyridine rings is 1. The van der Waals surface area contributed by atoms with Crippen LogP contribution in [-0.2, 0) is 0 Å². The van der Waals surface area contributed by atoms with E-state index in [4.69, 9.17) is 0 Å². The highest BCUT2D eigenvalue weighted by Gasteiger charge is 2.34. The van der Waals surface area contributed by atoms with Gasteiger partial charge in [0.1, 0.15) is 5.82 Å². The number of nitrogens with zero attached hydrogens (tertiary/aromatic N) is 2. The van der Waals surface area contributed by atoms with Gasteiger partial charge in [-0.05, 0) is 66.1 Å². The van der Waals surface area contributed by atoms with Crippen LogP contribution in [0.1, 0.15) is 44.1 Å². The summed E-state index contributed by atoms with van der Waals surface area (Å²) in [7, 11) is 0. The van der Waals surface area contributed by atoms with E-state index in [2.05, 4.69) is 38.8 Å². The van der Waals surface area contributed by atoms with E-state index < -0.39 is 0 Å². The highest BCUT2D eigenvalue weighted by molar-refractivity contribution is 9.10. The van der Waals surface area contributed by atoms with Gasteiger partial charge in [0.25, 0.3) is 0 Å². The zero-order chi connectivity index (χ0) is 12.5. The Bertz CT molecular complexity index is 431. The van der Waals surface area contributed by atoms with Crippen LogP contribution in [-0.4, -0.2) is 17.6 Å². The predicted molar refractivity (Wildman–Crippen MR) is 79.0 cm³/mol. The van der Waals surface area contributed by atoms with Crippen LogP contribution in [0.4, 0.5) is 5.82 Å². The van der Waals surface area contributed by atoms with Crippen LogP contribution in [0, 0.1) is 12.8 Å². The van der Waals surface area contributed by atoms with E-state index in [1.165, 1.54) is 50.6 Å². The van der Waals surface area contributed by atoms with Gasteiger partial charge in [-0.15, -0.1) is 0 Å². The molecule has 0 radical (unpaired) electrons. The predicted octanol–water partition coefficient (Wildman–Crippen LogP) is 4.31. The zero-order valence-electron chi connectivity index (χ0n) is 11.0. The van der Waals surface area contributed by atoms with E-state index in [0.29, 0.717) is 0 Å². The van der Waals surface area contributed by atoms with Crippen molar-refractivity contribution in [1.82, 2.24) is 4.98 Å². The Kier molecular flexibility index (Phi) is 3.60. The standard InChI is InChI=1S/C15H21BrN2/c1-11-9-13(16)15(17-10-11)18-8-4-6-12-5-2-3-7-14(12)18/h9-10,12,14H,2-8H2,1H3. The van der Waals surface area contributed by atoms with Crippen LogP contribution >= 0.6 is 15.9 Å². The first-order valence-corrected chi connectivity index (χ1v) is 7.94. The maximum atomic E-state index is 4.67. The molecule has 1 aromatic rings. The molecule has 0 bridgehead atoms. The first-order chi connectivity index (χ1) is 8.75. The largest absolute Gasteiger partial charge is 0.352 e. The average molecular weight is 309 g/mol. The SMILES string of the molecule is Cc1cnc(N2CCCC3CCCCC32)c(Br)c1. The van der Waals surface area contributed by atoms with Crippen LogP contribution in [0.25, 0.3) is 0 Å². The normalized spacial score (nSPS) is 28.0. The molecule has 0 amide bonds. The second kappa shape index (κ2) is 5.20. The Balaban J connectivity index is 1.89. The number of fused-ring (bicyclic) bond motifs is 1. The summed E-state index contributed by atoms with van der Waals surface area (Å²) in [6.45, 7) is 3.27. The van der Waals surface area contributed by atoms with Crippen LogP contribution in [0.3, 0.4) is 0 Å². The summed E-state index contributed by atoms with van der Waals surface area (Å²) in [5.74, 6) is 2.07. The molecule has 2 fully saturated rings. The third kappa shape index (κ3) is 2.29. The molecule has 0 spiro atoms. The molecule has 2 aliphatic rings. The molecule has 1 aliphatic heterocycles. The lowest BCUT2D eigenvalue weighted by Gasteiger charge is -2.45. The molecular formula is C15H21BrN2. The molecule has 18 heavy (non-hydrogen) atoms. The lowest BCUT2D eigenvalue weighted by molar-refractivity contribution is 0.242. The summed E-state index contributed by atoms with van der Waals surface area (Å²) < 4.78 is 1.16. The molecule has 1 saturated heterocycles. The summed E-state index contributed by atoms with van der Waals surface area (Å²) in [6, 6.07) is 2.92. The summed E-state index contributed by atoms with van der Waals surface area (Å²) >= 11 is 3.70. The van der Waals surface area contributed by atoms with Gasteiger partial charge in [-0.1, -0.05) is 12.8 Å². The molecule has 0 aromatic carbocycles. The molecule has 1 saturated carbocycles. The molecule has 2 heterocycles. The van der Waals surface area contributed by atoms with Gasteiger partial charge < -0.3 is 4.90 Å². The van der Waals surface area contributed by atoms with Crippen LogP contribution in [0.15, 0.2) is 16.7 Å². The molecular weight excluding hydrogens is 288 g/mol. The minimum Gasteiger partial charge on any atom is -0.352 e. The van der Waals surface area contributed by atoms with Gasteiger partial charge in [0, 0.05) is 18.8 Å². The van der Waals surface area contributed by atoms with Crippen molar-refractivity contribution in [2.75, 3.05) is 11.4 Å². The van der Waals surface area contributed by atoms with Crippen molar-refractivity contribution in [1.29, 1.82) is 0 Å². The minimum absolute atomic E-state index is 0.735. The summed E-state index contributed by atoms with van der Waals surface area (Å²) in [5, 5.41) is 0. The number of rotatable bonds is 1. The Labute approximate surface area is 118 Å². The number of hydrogen-bond acceptors (Lipinski definition) is 2. The average Bonchev–Trinajstić information content (AvgIpc) is 2.38. The summed E-state index contributed by atoms with van der Waals surface area (Å²) in [5.41, 5.74) is 1.22. The smallest absolute Gasteiger partial charge is 0.143 e. The fourth-order valence-electron chi connectivity index (χ4n) is 3.63. The van der Waals surface area contributed by atoms with Gasteiger partial charge in [0.15, 0.2) is 0 Å². The van der Waals surface area contributed by atoms with Gasteiger partial charge in [-0.2, -0.15) is 0 Å². The van der Waals surface area contributed by atoms with E-state index in [1.807, 2.05) is 6.20 Å². The Morgan fingerprint density at radius 3 is 2.83 bits per heavy atom. The van der Waals surface area contributed by atoms with E-state index >= 15 is 0 Å². The summed E-state index contributed by atoms with van der Waals surface area (Å²) in [4.78, 5) is 7.24. The molecule has 2 unspecified atom stereocenters. The minimum atomic E-state index is 0.735. The van der Waals surface area contributed by atoms with Gasteiger partial charge in [0.05, 0.1) is 4.47 Å². The maximum Gasteiger partial charge on any atom is 0.143 e. The van der Waals surface area contributed by atoms with E-state index in [9.17, 15) is 0 Å². The fraction of sp³-hybridized carbons (Fsp3) is 0.667. The van der Waals surface area contributed by atoms with E-state index in [1.54, 1.807) is 0 Å². The second-order valence-electron chi connectivity index (χ2n) is 5.77. The molecule has 2 atom stereocenters. The van der Waals surface area contributed by atoms with Gasteiger partial charge in [-0.3, -0.25) is 0 Å². The van der Waals surface area contributed by atoms with E-state index in [-0.39, 0.29) is 0 Å². The monoisotopic (exact) mass is 308 g/mol.